The van der Waals surface area contributed by atoms with Gasteiger partial charge >= 0.3 is 0 Å². The van der Waals surface area contributed by atoms with Crippen LogP contribution in [0.3, 0.4) is 0 Å². The van der Waals surface area contributed by atoms with Gasteiger partial charge in [-0.3, -0.25) is 9.69 Å². The van der Waals surface area contributed by atoms with Crippen molar-refractivity contribution >= 4 is 27.5 Å². The first kappa shape index (κ1) is 20.2. The summed E-state index contributed by atoms with van der Waals surface area (Å²) >= 11 is 3.39. The number of nitrogens with one attached hydrogen (secondary N) is 1. The molecule has 2 atom stereocenters. The molecule has 2 unspecified atom stereocenters. The number of ether oxygens (including phenoxy) is 1. The van der Waals surface area contributed by atoms with Crippen molar-refractivity contribution in [2.45, 2.75) is 50.4 Å². The minimum absolute atomic E-state index is 0.130. The van der Waals surface area contributed by atoms with E-state index in [1.807, 2.05) is 12.1 Å². The lowest BCUT2D eigenvalue weighted by atomic mass is 9.96. The van der Waals surface area contributed by atoms with Gasteiger partial charge in [0.25, 0.3) is 5.91 Å². The minimum Gasteiger partial charge on any atom is -0.496 e. The van der Waals surface area contributed by atoms with E-state index in [2.05, 4.69) is 26.1 Å². The maximum Gasteiger partial charge on any atom is 0.255 e. The zero-order valence-electron chi connectivity index (χ0n) is 16.3. The van der Waals surface area contributed by atoms with Gasteiger partial charge in [-0.05, 0) is 65.4 Å². The van der Waals surface area contributed by atoms with Crippen LogP contribution in [0.4, 0.5) is 10.1 Å². The standard InChI is InChI=1S/C22H25BrFN3O2/c1-29-21-11-20(25)19(23)10-18(21)22(28)26-15-8-16-6-7-17(9-15)27(16)12-13-2-4-14(24)5-3-13/h2-5,10-11,15-17H,6-9,12,25H2,1H3,(H,26,28). The third-order valence-corrected chi connectivity index (χ3v) is 6.75. The number of nitrogens with two attached hydrogens (primary N) is 1. The molecule has 3 N–H and O–H groups in total. The summed E-state index contributed by atoms with van der Waals surface area (Å²) in [4.78, 5) is 15.4. The lowest BCUT2D eigenvalue weighted by Gasteiger charge is -2.39. The molecule has 1 amide bonds. The van der Waals surface area contributed by atoms with Gasteiger partial charge in [-0.2, -0.15) is 0 Å². The molecule has 154 valence electrons. The van der Waals surface area contributed by atoms with Gasteiger partial charge in [-0.15, -0.1) is 0 Å². The number of nitrogens with zero attached hydrogens (tertiary/aromatic N) is 1. The lowest BCUT2D eigenvalue weighted by molar-refractivity contribution is 0.0825. The second-order valence-electron chi connectivity index (χ2n) is 7.90. The number of rotatable bonds is 5. The van der Waals surface area contributed by atoms with Gasteiger partial charge in [0.2, 0.25) is 0 Å². The summed E-state index contributed by atoms with van der Waals surface area (Å²) in [5.41, 5.74) is 8.04. The van der Waals surface area contributed by atoms with Crippen LogP contribution in [0.15, 0.2) is 40.9 Å². The number of halogens is 2. The van der Waals surface area contributed by atoms with Crippen LogP contribution in [0, 0.1) is 5.82 Å². The van der Waals surface area contributed by atoms with E-state index in [9.17, 15) is 9.18 Å². The first-order chi connectivity index (χ1) is 13.9. The van der Waals surface area contributed by atoms with E-state index in [0.29, 0.717) is 33.6 Å². The van der Waals surface area contributed by atoms with Crippen LogP contribution in [0.1, 0.15) is 41.6 Å². The predicted octanol–water partition coefficient (Wildman–Crippen LogP) is 4.10. The number of piperidine rings is 1. The van der Waals surface area contributed by atoms with E-state index >= 15 is 0 Å². The Morgan fingerprint density at radius 3 is 2.52 bits per heavy atom. The first-order valence-electron chi connectivity index (χ1n) is 9.88. The molecule has 2 aromatic rings. The number of hydrogen-bond acceptors (Lipinski definition) is 4. The monoisotopic (exact) mass is 461 g/mol. The fourth-order valence-corrected chi connectivity index (χ4v) is 4.97. The highest BCUT2D eigenvalue weighted by Gasteiger charge is 2.41. The van der Waals surface area contributed by atoms with Crippen LogP contribution >= 0.6 is 15.9 Å². The number of methoxy groups -OCH3 is 1. The van der Waals surface area contributed by atoms with E-state index in [1.54, 1.807) is 12.1 Å². The van der Waals surface area contributed by atoms with Gasteiger partial charge in [-0.1, -0.05) is 12.1 Å². The molecule has 7 heteroatoms. The molecule has 2 aliphatic heterocycles. The molecule has 0 saturated carbocycles. The minimum atomic E-state index is -0.206. The summed E-state index contributed by atoms with van der Waals surface area (Å²) in [6, 6.07) is 11.1. The summed E-state index contributed by atoms with van der Waals surface area (Å²) < 4.78 is 19.2. The molecule has 2 aliphatic rings. The molecule has 0 spiro atoms. The Hall–Kier alpha value is -2.12. The molecule has 0 aromatic heterocycles. The van der Waals surface area contributed by atoms with Crippen molar-refractivity contribution in [2.75, 3.05) is 12.8 Å². The van der Waals surface area contributed by atoms with Gasteiger partial charge in [0.15, 0.2) is 0 Å². The normalized spacial score (nSPS) is 23.8. The Balaban J connectivity index is 1.42. The van der Waals surface area contributed by atoms with Crippen molar-refractivity contribution in [3.05, 3.63) is 57.8 Å². The number of amides is 1. The fourth-order valence-electron chi connectivity index (χ4n) is 4.63. The molecule has 2 bridgehead atoms. The predicted molar refractivity (Wildman–Crippen MR) is 114 cm³/mol. The molecular formula is C22H25BrFN3O2. The van der Waals surface area contributed by atoms with Crippen molar-refractivity contribution < 1.29 is 13.9 Å². The zero-order valence-corrected chi connectivity index (χ0v) is 17.9. The van der Waals surface area contributed by atoms with Gasteiger partial charge in [0.1, 0.15) is 11.6 Å². The molecular weight excluding hydrogens is 437 g/mol. The number of nitrogen functional groups attached to an aromatic ring is 1. The van der Waals surface area contributed by atoms with E-state index < -0.39 is 0 Å². The van der Waals surface area contributed by atoms with Crippen LogP contribution in [0.25, 0.3) is 0 Å². The van der Waals surface area contributed by atoms with Crippen molar-refractivity contribution in [1.82, 2.24) is 10.2 Å². The molecule has 4 rings (SSSR count). The summed E-state index contributed by atoms with van der Waals surface area (Å²) in [5, 5.41) is 3.19. The fraction of sp³-hybridized carbons (Fsp3) is 0.409. The average Bonchev–Trinajstić information content (AvgIpc) is 2.93. The highest BCUT2D eigenvalue weighted by Crippen LogP contribution is 2.37. The van der Waals surface area contributed by atoms with Crippen molar-refractivity contribution in [3.8, 4) is 5.75 Å². The van der Waals surface area contributed by atoms with Gasteiger partial charge in [0.05, 0.1) is 12.7 Å². The van der Waals surface area contributed by atoms with Crippen LogP contribution in [-0.2, 0) is 6.54 Å². The Labute approximate surface area is 178 Å². The highest BCUT2D eigenvalue weighted by atomic mass is 79.9. The first-order valence-corrected chi connectivity index (χ1v) is 10.7. The number of carbonyl (C=O) groups is 1. The van der Waals surface area contributed by atoms with Gasteiger partial charge in [-0.25, -0.2) is 4.39 Å². The highest BCUT2D eigenvalue weighted by molar-refractivity contribution is 9.10. The van der Waals surface area contributed by atoms with Crippen molar-refractivity contribution in [3.63, 3.8) is 0 Å². The molecule has 2 fully saturated rings. The second-order valence-corrected chi connectivity index (χ2v) is 8.75. The largest absolute Gasteiger partial charge is 0.496 e. The summed E-state index contributed by atoms with van der Waals surface area (Å²) in [6.45, 7) is 0.828. The molecule has 2 heterocycles. The van der Waals surface area contributed by atoms with Gasteiger partial charge < -0.3 is 15.8 Å². The third kappa shape index (κ3) is 4.26. The van der Waals surface area contributed by atoms with Crippen molar-refractivity contribution in [1.29, 1.82) is 0 Å². The molecule has 0 aliphatic carbocycles. The quantitative estimate of drug-likeness (QED) is 0.657. The van der Waals surface area contributed by atoms with E-state index in [4.69, 9.17) is 10.5 Å². The van der Waals surface area contributed by atoms with Crippen LogP contribution in [0.5, 0.6) is 5.75 Å². The smallest absolute Gasteiger partial charge is 0.255 e. The Morgan fingerprint density at radius 1 is 1.24 bits per heavy atom. The van der Waals surface area contributed by atoms with Gasteiger partial charge in [0, 0.05) is 40.9 Å². The molecule has 29 heavy (non-hydrogen) atoms. The summed E-state index contributed by atoms with van der Waals surface area (Å²) in [5.74, 6) is 0.127. The lowest BCUT2D eigenvalue weighted by Crippen LogP contribution is -2.50. The van der Waals surface area contributed by atoms with Crippen LogP contribution in [-0.4, -0.2) is 36.0 Å². The van der Waals surface area contributed by atoms with E-state index in [0.717, 1.165) is 37.8 Å². The van der Waals surface area contributed by atoms with Crippen LogP contribution in [0.2, 0.25) is 0 Å². The number of benzene rings is 2. The molecule has 2 aromatic carbocycles. The number of carbonyl (C=O) groups excluding carboxylic acids is 1. The van der Waals surface area contributed by atoms with E-state index in [1.165, 1.54) is 19.2 Å². The summed E-state index contributed by atoms with van der Waals surface area (Å²) in [6.07, 6.45) is 4.10. The zero-order chi connectivity index (χ0) is 20.5. The number of hydrogen-bond donors (Lipinski definition) is 2. The van der Waals surface area contributed by atoms with Crippen LogP contribution < -0.4 is 15.8 Å². The molecule has 2 saturated heterocycles. The SMILES string of the molecule is COc1cc(N)c(Br)cc1C(=O)NC1CC2CCC(C1)N2Cc1ccc(F)cc1. The third-order valence-electron chi connectivity index (χ3n) is 6.06. The Morgan fingerprint density at radius 2 is 1.90 bits per heavy atom. The van der Waals surface area contributed by atoms with Crippen molar-refractivity contribution in [2.24, 2.45) is 0 Å². The summed E-state index contributed by atoms with van der Waals surface area (Å²) in [7, 11) is 1.54. The second kappa shape index (κ2) is 8.32. The Kier molecular flexibility index (Phi) is 5.79. The average molecular weight is 462 g/mol. The number of anilines is 1. The van der Waals surface area contributed by atoms with E-state index in [-0.39, 0.29) is 17.8 Å². The molecule has 0 radical (unpaired) electrons. The maximum absolute atomic E-state index is 13.2. The number of fused-ring (bicyclic) bond motifs is 2. The topological polar surface area (TPSA) is 67.6 Å². The maximum atomic E-state index is 13.2. The Bertz CT molecular complexity index is 892. The molecule has 5 nitrogen and oxygen atoms in total.